The van der Waals surface area contributed by atoms with E-state index in [0.717, 1.165) is 0 Å². The Kier molecular flexibility index (Phi) is 6.90. The molecule has 2 aromatic carbocycles. The lowest BCUT2D eigenvalue weighted by Crippen LogP contribution is -2.37. The highest BCUT2D eigenvalue weighted by atomic mass is 19.1. The summed E-state index contributed by atoms with van der Waals surface area (Å²) in [4.78, 5) is 24.2. The van der Waals surface area contributed by atoms with E-state index in [-0.39, 0.29) is 23.7 Å². The monoisotopic (exact) mass is 413 g/mol. The molecule has 8 heteroatoms. The summed E-state index contributed by atoms with van der Waals surface area (Å²) in [6.45, 7) is 2.11. The Morgan fingerprint density at radius 1 is 1.10 bits per heavy atom. The molecule has 1 N–H and O–H groups in total. The SMILES string of the molecule is CC(Oc1ccccc1F)C(=O)NCCCn1nc(-c2ccc(F)cc2)ccc1=O. The van der Waals surface area contributed by atoms with Gasteiger partial charge in [0.2, 0.25) is 0 Å². The smallest absolute Gasteiger partial charge is 0.266 e. The number of benzene rings is 2. The molecule has 0 spiro atoms. The largest absolute Gasteiger partial charge is 0.478 e. The zero-order chi connectivity index (χ0) is 21.5. The van der Waals surface area contributed by atoms with Gasteiger partial charge in [-0.3, -0.25) is 9.59 Å². The first kappa shape index (κ1) is 21.2. The summed E-state index contributed by atoms with van der Waals surface area (Å²) in [6, 6.07) is 14.7. The van der Waals surface area contributed by atoms with Crippen molar-refractivity contribution in [3.05, 3.63) is 82.7 Å². The first-order valence-electron chi connectivity index (χ1n) is 9.47. The molecule has 0 saturated carbocycles. The molecule has 0 aliphatic heterocycles. The number of aryl methyl sites for hydroxylation is 1. The predicted octanol–water partition coefficient (Wildman–Crippen LogP) is 3.16. The maximum absolute atomic E-state index is 13.6. The third-order valence-electron chi connectivity index (χ3n) is 4.36. The van der Waals surface area contributed by atoms with Crippen molar-refractivity contribution in [3.8, 4) is 17.0 Å². The topological polar surface area (TPSA) is 73.2 Å². The zero-order valence-electron chi connectivity index (χ0n) is 16.3. The van der Waals surface area contributed by atoms with Gasteiger partial charge in [-0.1, -0.05) is 12.1 Å². The van der Waals surface area contributed by atoms with Crippen molar-refractivity contribution in [2.24, 2.45) is 0 Å². The van der Waals surface area contributed by atoms with Gasteiger partial charge in [-0.25, -0.2) is 13.5 Å². The number of nitrogens with one attached hydrogen (secondary N) is 1. The summed E-state index contributed by atoms with van der Waals surface area (Å²) < 4.78 is 33.3. The van der Waals surface area contributed by atoms with E-state index in [1.165, 1.54) is 48.0 Å². The minimum absolute atomic E-state index is 0.00788. The van der Waals surface area contributed by atoms with Crippen molar-refractivity contribution in [1.29, 1.82) is 0 Å². The summed E-state index contributed by atoms with van der Waals surface area (Å²) in [5.74, 6) is -1.27. The molecule has 3 aromatic rings. The second kappa shape index (κ2) is 9.78. The fourth-order valence-corrected chi connectivity index (χ4v) is 2.75. The van der Waals surface area contributed by atoms with Crippen LogP contribution >= 0.6 is 0 Å². The van der Waals surface area contributed by atoms with Gasteiger partial charge in [0, 0.05) is 24.7 Å². The Balaban J connectivity index is 1.52. The molecule has 6 nitrogen and oxygen atoms in total. The fraction of sp³-hybridized carbons (Fsp3) is 0.227. The first-order chi connectivity index (χ1) is 14.4. The number of nitrogens with zero attached hydrogens (tertiary/aromatic N) is 2. The van der Waals surface area contributed by atoms with Crippen LogP contribution in [0.5, 0.6) is 5.75 Å². The Morgan fingerprint density at radius 3 is 2.57 bits per heavy atom. The van der Waals surface area contributed by atoms with Crippen LogP contribution in [0.15, 0.2) is 65.5 Å². The molecule has 3 rings (SSSR count). The minimum Gasteiger partial charge on any atom is -0.478 e. The van der Waals surface area contributed by atoms with E-state index in [0.29, 0.717) is 24.2 Å². The van der Waals surface area contributed by atoms with Gasteiger partial charge in [0.1, 0.15) is 5.82 Å². The van der Waals surface area contributed by atoms with Gasteiger partial charge in [-0.15, -0.1) is 0 Å². The van der Waals surface area contributed by atoms with E-state index in [9.17, 15) is 18.4 Å². The Labute approximate surface area is 172 Å². The molecule has 1 atom stereocenters. The number of carbonyl (C=O) groups excluding carboxylic acids is 1. The number of hydrogen-bond donors (Lipinski definition) is 1. The predicted molar refractivity (Wildman–Crippen MR) is 108 cm³/mol. The van der Waals surface area contributed by atoms with Gasteiger partial charge in [0.25, 0.3) is 11.5 Å². The van der Waals surface area contributed by atoms with E-state index in [4.69, 9.17) is 4.74 Å². The van der Waals surface area contributed by atoms with Crippen molar-refractivity contribution in [3.63, 3.8) is 0 Å². The normalized spacial score (nSPS) is 11.7. The summed E-state index contributed by atoms with van der Waals surface area (Å²) in [6.07, 6.45) is -0.414. The van der Waals surface area contributed by atoms with Gasteiger partial charge in [0.05, 0.1) is 5.69 Å². The molecular weight excluding hydrogens is 392 g/mol. The van der Waals surface area contributed by atoms with Gasteiger partial charge < -0.3 is 10.1 Å². The number of halogens is 2. The van der Waals surface area contributed by atoms with E-state index in [2.05, 4.69) is 10.4 Å². The molecule has 156 valence electrons. The van der Waals surface area contributed by atoms with Crippen LogP contribution in [0.3, 0.4) is 0 Å². The van der Waals surface area contributed by atoms with Gasteiger partial charge >= 0.3 is 0 Å². The molecule has 0 radical (unpaired) electrons. The van der Waals surface area contributed by atoms with E-state index >= 15 is 0 Å². The third kappa shape index (κ3) is 5.50. The van der Waals surface area contributed by atoms with Gasteiger partial charge in [0.15, 0.2) is 17.7 Å². The van der Waals surface area contributed by atoms with Crippen LogP contribution in [0.2, 0.25) is 0 Å². The van der Waals surface area contributed by atoms with Crippen molar-refractivity contribution >= 4 is 5.91 Å². The fourth-order valence-electron chi connectivity index (χ4n) is 2.75. The molecule has 1 heterocycles. The zero-order valence-corrected chi connectivity index (χ0v) is 16.3. The summed E-state index contributed by atoms with van der Waals surface area (Å²) in [5, 5.41) is 6.99. The Bertz CT molecular complexity index is 1070. The van der Waals surface area contributed by atoms with Crippen LogP contribution in [-0.2, 0) is 11.3 Å². The van der Waals surface area contributed by atoms with Crippen LogP contribution < -0.4 is 15.6 Å². The molecule has 30 heavy (non-hydrogen) atoms. The Morgan fingerprint density at radius 2 is 1.83 bits per heavy atom. The average Bonchev–Trinajstić information content (AvgIpc) is 2.74. The van der Waals surface area contributed by atoms with Gasteiger partial charge in [-0.05, 0) is 55.8 Å². The molecule has 1 aromatic heterocycles. The highest BCUT2D eigenvalue weighted by molar-refractivity contribution is 5.80. The lowest BCUT2D eigenvalue weighted by atomic mass is 10.1. The van der Waals surface area contributed by atoms with Crippen molar-refractivity contribution in [1.82, 2.24) is 15.1 Å². The van der Waals surface area contributed by atoms with Crippen LogP contribution in [0, 0.1) is 11.6 Å². The number of para-hydroxylation sites is 1. The van der Waals surface area contributed by atoms with Crippen molar-refractivity contribution in [2.45, 2.75) is 26.0 Å². The number of amides is 1. The molecule has 0 bridgehead atoms. The minimum atomic E-state index is -0.871. The van der Waals surface area contributed by atoms with Crippen LogP contribution in [0.1, 0.15) is 13.3 Å². The quantitative estimate of drug-likeness (QED) is 0.576. The highest BCUT2D eigenvalue weighted by Gasteiger charge is 2.15. The lowest BCUT2D eigenvalue weighted by molar-refractivity contribution is -0.127. The van der Waals surface area contributed by atoms with Crippen LogP contribution in [-0.4, -0.2) is 28.3 Å². The summed E-state index contributed by atoms with van der Waals surface area (Å²) in [7, 11) is 0. The van der Waals surface area contributed by atoms with Crippen LogP contribution in [0.25, 0.3) is 11.3 Å². The van der Waals surface area contributed by atoms with E-state index in [1.54, 1.807) is 24.3 Å². The standard InChI is InChI=1S/C22H21F2N3O3/c1-15(30-20-6-3-2-5-18(20)24)22(29)25-13-4-14-27-21(28)12-11-19(26-27)16-7-9-17(23)10-8-16/h2-3,5-12,15H,4,13-14H2,1H3,(H,25,29). The summed E-state index contributed by atoms with van der Waals surface area (Å²) >= 11 is 0. The average molecular weight is 413 g/mol. The molecule has 0 fully saturated rings. The molecule has 0 aliphatic carbocycles. The number of aromatic nitrogens is 2. The van der Waals surface area contributed by atoms with Gasteiger partial charge in [-0.2, -0.15) is 5.10 Å². The van der Waals surface area contributed by atoms with Crippen molar-refractivity contribution in [2.75, 3.05) is 6.54 Å². The van der Waals surface area contributed by atoms with E-state index in [1.807, 2.05) is 0 Å². The molecule has 0 aliphatic rings. The number of rotatable bonds is 8. The molecule has 1 amide bonds. The third-order valence-corrected chi connectivity index (χ3v) is 4.36. The molecular formula is C22H21F2N3O3. The number of ether oxygens (including phenoxy) is 1. The van der Waals surface area contributed by atoms with Crippen molar-refractivity contribution < 1.29 is 18.3 Å². The number of hydrogen-bond acceptors (Lipinski definition) is 4. The second-order valence-corrected chi connectivity index (χ2v) is 6.62. The van der Waals surface area contributed by atoms with E-state index < -0.39 is 17.8 Å². The molecule has 1 unspecified atom stereocenters. The maximum Gasteiger partial charge on any atom is 0.266 e. The van der Waals surface area contributed by atoms with Crippen LogP contribution in [0.4, 0.5) is 8.78 Å². The maximum atomic E-state index is 13.6. The second-order valence-electron chi connectivity index (χ2n) is 6.62. The summed E-state index contributed by atoms with van der Waals surface area (Å²) in [5.41, 5.74) is 0.964. The Hall–Kier alpha value is -3.55. The first-order valence-corrected chi connectivity index (χ1v) is 9.47. The highest BCUT2D eigenvalue weighted by Crippen LogP contribution is 2.17. The lowest BCUT2D eigenvalue weighted by Gasteiger charge is -2.15. The molecule has 0 saturated heterocycles. The number of carbonyl (C=O) groups is 1.